The molecule has 2 atom stereocenters. The lowest BCUT2D eigenvalue weighted by molar-refractivity contribution is 0.307. The smallest absolute Gasteiger partial charge is 0.0698 e. The fourth-order valence-corrected chi connectivity index (χ4v) is 3.34. The Morgan fingerprint density at radius 1 is 1.25 bits per heavy atom. The number of aromatic nitrogens is 2. The van der Waals surface area contributed by atoms with E-state index in [2.05, 4.69) is 58.7 Å². The van der Waals surface area contributed by atoms with Crippen molar-refractivity contribution in [2.75, 3.05) is 6.54 Å². The van der Waals surface area contributed by atoms with Crippen LogP contribution in [-0.4, -0.2) is 16.3 Å². The van der Waals surface area contributed by atoms with Gasteiger partial charge in [-0.05, 0) is 48.2 Å². The molecule has 1 aromatic heterocycles. The molecule has 4 heteroatoms. The van der Waals surface area contributed by atoms with Gasteiger partial charge in [-0.1, -0.05) is 40.0 Å². The number of rotatable bonds is 10. The molecule has 0 saturated carbocycles. The molecule has 1 rings (SSSR count). The first-order valence-corrected chi connectivity index (χ1v) is 8.93. The molecule has 0 aliphatic heterocycles. The molecule has 116 valence electrons. The van der Waals surface area contributed by atoms with Crippen LogP contribution in [0.25, 0.3) is 0 Å². The quantitative estimate of drug-likeness (QED) is 0.653. The zero-order valence-electron chi connectivity index (χ0n) is 13.5. The van der Waals surface area contributed by atoms with Crippen LogP contribution < -0.4 is 5.32 Å². The van der Waals surface area contributed by atoms with Gasteiger partial charge in [-0.3, -0.25) is 4.68 Å². The SMILES string of the molecule is CCCCC(CC)C(NCCC)c1c(Br)cnn1CC. The van der Waals surface area contributed by atoms with Gasteiger partial charge in [0.1, 0.15) is 0 Å². The van der Waals surface area contributed by atoms with Crippen molar-refractivity contribution in [1.82, 2.24) is 15.1 Å². The molecule has 0 radical (unpaired) electrons. The molecular formula is C16H30BrN3. The maximum absolute atomic E-state index is 4.49. The summed E-state index contributed by atoms with van der Waals surface area (Å²) >= 11 is 3.69. The first-order chi connectivity index (χ1) is 9.69. The number of halogens is 1. The Bertz CT molecular complexity index is 376. The average Bonchev–Trinajstić information content (AvgIpc) is 2.83. The van der Waals surface area contributed by atoms with Crippen LogP contribution in [0, 0.1) is 5.92 Å². The zero-order chi connectivity index (χ0) is 15.0. The van der Waals surface area contributed by atoms with Crippen LogP contribution in [0.15, 0.2) is 10.7 Å². The molecule has 0 aliphatic rings. The molecular weight excluding hydrogens is 314 g/mol. The Kier molecular flexibility index (Phi) is 8.46. The highest BCUT2D eigenvalue weighted by Crippen LogP contribution is 2.33. The van der Waals surface area contributed by atoms with Gasteiger partial charge in [0.15, 0.2) is 0 Å². The lowest BCUT2D eigenvalue weighted by Gasteiger charge is -2.28. The molecule has 0 aromatic carbocycles. The summed E-state index contributed by atoms with van der Waals surface area (Å²) in [5, 5.41) is 8.25. The summed E-state index contributed by atoms with van der Waals surface area (Å²) < 4.78 is 3.27. The third-order valence-corrected chi connectivity index (χ3v) is 4.58. The molecule has 0 amide bonds. The van der Waals surface area contributed by atoms with Crippen molar-refractivity contribution in [3.05, 3.63) is 16.4 Å². The van der Waals surface area contributed by atoms with Crippen molar-refractivity contribution in [1.29, 1.82) is 0 Å². The molecule has 0 saturated heterocycles. The van der Waals surface area contributed by atoms with Gasteiger partial charge >= 0.3 is 0 Å². The summed E-state index contributed by atoms with van der Waals surface area (Å²) in [4.78, 5) is 0. The number of hydrogen-bond acceptors (Lipinski definition) is 2. The van der Waals surface area contributed by atoms with Gasteiger partial charge in [0, 0.05) is 6.54 Å². The number of nitrogens with zero attached hydrogens (tertiary/aromatic N) is 2. The van der Waals surface area contributed by atoms with Crippen LogP contribution in [0.3, 0.4) is 0 Å². The van der Waals surface area contributed by atoms with E-state index in [1.807, 2.05) is 6.20 Å². The maximum Gasteiger partial charge on any atom is 0.0698 e. The van der Waals surface area contributed by atoms with Gasteiger partial charge in [0.05, 0.1) is 22.4 Å². The summed E-state index contributed by atoms with van der Waals surface area (Å²) in [6.07, 6.45) is 8.18. The predicted molar refractivity (Wildman–Crippen MR) is 89.9 cm³/mol. The van der Waals surface area contributed by atoms with Crippen LogP contribution in [0.4, 0.5) is 0 Å². The second-order valence-corrected chi connectivity index (χ2v) is 6.29. The highest BCUT2D eigenvalue weighted by molar-refractivity contribution is 9.10. The minimum absolute atomic E-state index is 0.406. The second-order valence-electron chi connectivity index (χ2n) is 5.44. The minimum Gasteiger partial charge on any atom is -0.308 e. The van der Waals surface area contributed by atoms with E-state index in [4.69, 9.17) is 0 Å². The summed E-state index contributed by atoms with van der Waals surface area (Å²) in [5.74, 6) is 0.680. The molecule has 1 heterocycles. The maximum atomic E-state index is 4.49. The van der Waals surface area contributed by atoms with Crippen LogP contribution in [0.2, 0.25) is 0 Å². The average molecular weight is 344 g/mol. The molecule has 1 aromatic rings. The van der Waals surface area contributed by atoms with E-state index in [0.29, 0.717) is 12.0 Å². The van der Waals surface area contributed by atoms with E-state index >= 15 is 0 Å². The monoisotopic (exact) mass is 343 g/mol. The van der Waals surface area contributed by atoms with Gasteiger partial charge < -0.3 is 5.32 Å². The summed E-state index contributed by atoms with van der Waals surface area (Å²) in [6, 6.07) is 0.406. The highest BCUT2D eigenvalue weighted by Gasteiger charge is 2.26. The van der Waals surface area contributed by atoms with Crippen LogP contribution in [0.1, 0.15) is 71.5 Å². The van der Waals surface area contributed by atoms with Crippen molar-refractivity contribution < 1.29 is 0 Å². The summed E-state index contributed by atoms with van der Waals surface area (Å²) in [6.45, 7) is 11.0. The van der Waals surface area contributed by atoms with E-state index in [-0.39, 0.29) is 0 Å². The Hall–Kier alpha value is -0.350. The zero-order valence-corrected chi connectivity index (χ0v) is 15.0. The first kappa shape index (κ1) is 17.7. The summed E-state index contributed by atoms with van der Waals surface area (Å²) in [7, 11) is 0. The Balaban J connectivity index is 2.99. The molecule has 3 nitrogen and oxygen atoms in total. The lowest BCUT2D eigenvalue weighted by Crippen LogP contribution is -2.31. The third-order valence-electron chi connectivity index (χ3n) is 3.97. The number of nitrogens with one attached hydrogen (secondary N) is 1. The number of aryl methyl sites for hydroxylation is 1. The normalized spacial score (nSPS) is 14.4. The molecule has 0 aliphatic carbocycles. The lowest BCUT2D eigenvalue weighted by atomic mass is 9.89. The summed E-state index contributed by atoms with van der Waals surface area (Å²) in [5.41, 5.74) is 1.32. The van der Waals surface area contributed by atoms with E-state index in [1.54, 1.807) is 0 Å². The predicted octanol–water partition coefficient (Wildman–Crippen LogP) is 4.92. The van der Waals surface area contributed by atoms with Crippen LogP contribution >= 0.6 is 15.9 Å². The molecule has 0 fully saturated rings. The Morgan fingerprint density at radius 3 is 2.55 bits per heavy atom. The second kappa shape index (κ2) is 9.56. The fourth-order valence-electron chi connectivity index (χ4n) is 2.79. The third kappa shape index (κ3) is 4.59. The van der Waals surface area contributed by atoms with E-state index in [9.17, 15) is 0 Å². The van der Waals surface area contributed by atoms with Crippen molar-refractivity contribution in [3.63, 3.8) is 0 Å². The van der Waals surface area contributed by atoms with Gasteiger partial charge in [-0.25, -0.2) is 0 Å². The van der Waals surface area contributed by atoms with Crippen LogP contribution in [-0.2, 0) is 6.54 Å². The number of hydrogen-bond donors (Lipinski definition) is 1. The van der Waals surface area contributed by atoms with Crippen molar-refractivity contribution in [2.24, 2.45) is 5.92 Å². The largest absolute Gasteiger partial charge is 0.308 e. The Morgan fingerprint density at radius 2 is 2.00 bits per heavy atom. The van der Waals surface area contributed by atoms with Gasteiger partial charge in [-0.2, -0.15) is 5.10 Å². The highest BCUT2D eigenvalue weighted by atomic mass is 79.9. The van der Waals surface area contributed by atoms with Gasteiger partial charge in [-0.15, -0.1) is 0 Å². The number of unbranched alkanes of at least 4 members (excludes halogenated alkanes) is 1. The minimum atomic E-state index is 0.406. The van der Waals surface area contributed by atoms with E-state index in [1.165, 1.54) is 37.8 Å². The van der Waals surface area contributed by atoms with E-state index < -0.39 is 0 Å². The van der Waals surface area contributed by atoms with Crippen LogP contribution in [0.5, 0.6) is 0 Å². The fraction of sp³-hybridized carbons (Fsp3) is 0.812. The Labute approximate surface area is 132 Å². The van der Waals surface area contributed by atoms with Crippen molar-refractivity contribution in [3.8, 4) is 0 Å². The van der Waals surface area contributed by atoms with Gasteiger partial charge in [0.2, 0.25) is 0 Å². The molecule has 0 spiro atoms. The molecule has 20 heavy (non-hydrogen) atoms. The van der Waals surface area contributed by atoms with Gasteiger partial charge in [0.25, 0.3) is 0 Å². The van der Waals surface area contributed by atoms with E-state index in [0.717, 1.165) is 17.6 Å². The standard InChI is InChI=1S/C16H30BrN3/c1-5-9-10-13(7-3)15(18-11-6-2)16-14(17)12-19-20(16)8-4/h12-13,15,18H,5-11H2,1-4H3. The first-order valence-electron chi connectivity index (χ1n) is 8.13. The van der Waals surface area contributed by atoms with Crippen molar-refractivity contribution >= 4 is 15.9 Å². The topological polar surface area (TPSA) is 29.9 Å². The van der Waals surface area contributed by atoms with Crippen molar-refractivity contribution in [2.45, 2.75) is 72.4 Å². The molecule has 0 bridgehead atoms. The molecule has 2 unspecified atom stereocenters. The molecule has 1 N–H and O–H groups in total.